The average molecular weight is 467 g/mol. The maximum atomic E-state index is 13.9. The number of likely N-dealkylation sites (tertiary alicyclic amines) is 1. The van der Waals surface area contributed by atoms with E-state index in [0.29, 0.717) is 31.0 Å². The summed E-state index contributed by atoms with van der Waals surface area (Å²) in [5, 5.41) is 11.2. The zero-order valence-electron chi connectivity index (χ0n) is 17.9. The van der Waals surface area contributed by atoms with Crippen LogP contribution in [0.3, 0.4) is 0 Å². The van der Waals surface area contributed by atoms with Crippen molar-refractivity contribution in [1.82, 2.24) is 10.2 Å². The van der Waals surface area contributed by atoms with Gasteiger partial charge in [-0.3, -0.25) is 0 Å². The Balaban J connectivity index is 1.72. The normalized spacial score (nSPS) is 16.6. The number of benzene rings is 2. The zero-order valence-corrected chi connectivity index (χ0v) is 18.7. The summed E-state index contributed by atoms with van der Waals surface area (Å²) in [6.07, 6.45) is 2.49. The molecule has 9 heteroatoms. The van der Waals surface area contributed by atoms with Gasteiger partial charge in [-0.1, -0.05) is 12.1 Å². The number of nitrogens with zero attached hydrogens (tertiary/aromatic N) is 1. The molecule has 1 amide bonds. The van der Waals surface area contributed by atoms with Crippen LogP contribution >= 0.6 is 0 Å². The first-order valence-corrected chi connectivity index (χ1v) is 12.5. The fourth-order valence-corrected chi connectivity index (χ4v) is 4.84. The molecule has 1 atom stereocenters. The number of halogens is 2. The van der Waals surface area contributed by atoms with Gasteiger partial charge in [0.1, 0.15) is 11.6 Å². The van der Waals surface area contributed by atoms with E-state index in [-0.39, 0.29) is 10.8 Å². The van der Waals surface area contributed by atoms with Crippen molar-refractivity contribution >= 4 is 15.9 Å². The molecule has 1 aliphatic heterocycles. The average Bonchev–Trinajstić information content (AvgIpc) is 2.72. The first-order chi connectivity index (χ1) is 15.1. The Morgan fingerprint density at radius 3 is 2.22 bits per heavy atom. The Morgan fingerprint density at radius 1 is 1.09 bits per heavy atom. The number of sulfone groups is 1. The summed E-state index contributed by atoms with van der Waals surface area (Å²) in [4.78, 5) is 13.1. The lowest BCUT2D eigenvalue weighted by molar-refractivity contribution is 0.168. The number of hydrogen-bond acceptors (Lipinski definition) is 4. The Labute approximate surface area is 187 Å². The third kappa shape index (κ3) is 6.74. The van der Waals surface area contributed by atoms with E-state index in [9.17, 15) is 22.0 Å². The van der Waals surface area contributed by atoms with Gasteiger partial charge >= 0.3 is 6.09 Å². The largest absolute Gasteiger partial charge is 0.465 e. The Kier molecular flexibility index (Phi) is 7.84. The Bertz CT molecular complexity index is 1020. The quantitative estimate of drug-likeness (QED) is 0.617. The fourth-order valence-electron chi connectivity index (χ4n) is 4.21. The van der Waals surface area contributed by atoms with Crippen LogP contribution in [0.5, 0.6) is 0 Å². The summed E-state index contributed by atoms with van der Waals surface area (Å²) in [6, 6.07) is 9.93. The molecule has 1 aliphatic rings. The van der Waals surface area contributed by atoms with E-state index in [1.54, 1.807) is 12.1 Å². The predicted octanol–water partition coefficient (Wildman–Crippen LogP) is 3.87. The van der Waals surface area contributed by atoms with Crippen molar-refractivity contribution in [2.24, 2.45) is 5.92 Å². The molecule has 0 bridgehead atoms. The van der Waals surface area contributed by atoms with Crippen molar-refractivity contribution in [2.75, 3.05) is 32.4 Å². The van der Waals surface area contributed by atoms with Crippen LogP contribution in [-0.4, -0.2) is 57.0 Å². The molecule has 2 aromatic rings. The van der Waals surface area contributed by atoms with Crippen molar-refractivity contribution < 1.29 is 27.1 Å². The summed E-state index contributed by atoms with van der Waals surface area (Å²) < 4.78 is 51.4. The van der Waals surface area contributed by atoms with E-state index in [1.807, 2.05) is 0 Å². The van der Waals surface area contributed by atoms with E-state index in [2.05, 4.69) is 10.2 Å². The smallest absolute Gasteiger partial charge is 0.404 e. The predicted molar refractivity (Wildman–Crippen MR) is 118 cm³/mol. The van der Waals surface area contributed by atoms with Gasteiger partial charge < -0.3 is 15.3 Å². The SMILES string of the molecule is CS(=O)(=O)c1ccc([C@@H](CCN2CCC(CNC(=O)O)CC2)c2cc(F)cc(F)c2)cc1. The number of nitrogens with one attached hydrogen (secondary N) is 1. The topological polar surface area (TPSA) is 86.7 Å². The molecule has 174 valence electrons. The molecule has 2 N–H and O–H groups in total. The second kappa shape index (κ2) is 10.4. The third-order valence-electron chi connectivity index (χ3n) is 5.98. The Hall–Kier alpha value is -2.52. The van der Waals surface area contributed by atoms with Gasteiger partial charge in [0.05, 0.1) is 4.90 Å². The van der Waals surface area contributed by atoms with Gasteiger partial charge in [0, 0.05) is 24.8 Å². The number of carboxylic acid groups (broad SMARTS) is 1. The number of amides is 1. The minimum atomic E-state index is -3.34. The van der Waals surface area contributed by atoms with Crippen molar-refractivity contribution in [2.45, 2.75) is 30.1 Å². The zero-order chi connectivity index (χ0) is 23.3. The van der Waals surface area contributed by atoms with Crippen molar-refractivity contribution in [1.29, 1.82) is 0 Å². The van der Waals surface area contributed by atoms with Crippen molar-refractivity contribution in [3.8, 4) is 0 Å². The molecule has 0 saturated carbocycles. The highest BCUT2D eigenvalue weighted by Gasteiger charge is 2.22. The lowest BCUT2D eigenvalue weighted by Crippen LogP contribution is -2.39. The second-order valence-electron chi connectivity index (χ2n) is 8.36. The summed E-state index contributed by atoms with van der Waals surface area (Å²) >= 11 is 0. The van der Waals surface area contributed by atoms with Crippen LogP contribution < -0.4 is 5.32 Å². The second-order valence-corrected chi connectivity index (χ2v) is 10.4. The molecule has 2 aromatic carbocycles. The number of carbonyl (C=O) groups is 1. The fraction of sp³-hybridized carbons (Fsp3) is 0.435. The number of piperidine rings is 1. The molecule has 0 aliphatic carbocycles. The first kappa shape index (κ1) is 24.1. The molecule has 0 aromatic heterocycles. The monoisotopic (exact) mass is 466 g/mol. The summed E-state index contributed by atoms with van der Waals surface area (Å²) in [7, 11) is -3.34. The minimum absolute atomic E-state index is 0.197. The van der Waals surface area contributed by atoms with Gasteiger partial charge in [0.25, 0.3) is 0 Å². The van der Waals surface area contributed by atoms with E-state index >= 15 is 0 Å². The summed E-state index contributed by atoms with van der Waals surface area (Å²) in [5.41, 5.74) is 1.30. The molecule has 1 heterocycles. The van der Waals surface area contributed by atoms with Crippen LogP contribution in [0, 0.1) is 17.6 Å². The van der Waals surface area contributed by atoms with E-state index < -0.39 is 27.6 Å². The van der Waals surface area contributed by atoms with Gasteiger partial charge in [0.2, 0.25) is 0 Å². The summed E-state index contributed by atoms with van der Waals surface area (Å²) in [5.74, 6) is -1.28. The molecular weight excluding hydrogens is 438 g/mol. The highest BCUT2D eigenvalue weighted by Crippen LogP contribution is 2.31. The maximum absolute atomic E-state index is 13.9. The van der Waals surface area contributed by atoms with E-state index in [0.717, 1.165) is 43.8 Å². The summed E-state index contributed by atoms with van der Waals surface area (Å²) in [6.45, 7) is 2.79. The standard InChI is InChI=1S/C23H28F2N2O4S/c1-32(30,31)21-4-2-17(3-5-21)22(18-12-19(24)14-20(25)13-18)8-11-27-9-6-16(7-10-27)15-26-23(28)29/h2-5,12-14,16,22,26H,6-11,15H2,1H3,(H,28,29)/t22-/m1/s1. The van der Waals surface area contributed by atoms with E-state index in [1.165, 1.54) is 24.3 Å². The van der Waals surface area contributed by atoms with Gasteiger partial charge in [-0.2, -0.15) is 0 Å². The molecule has 6 nitrogen and oxygen atoms in total. The number of hydrogen-bond donors (Lipinski definition) is 2. The van der Waals surface area contributed by atoms with Gasteiger partial charge in [-0.15, -0.1) is 0 Å². The van der Waals surface area contributed by atoms with Crippen LogP contribution in [0.25, 0.3) is 0 Å². The van der Waals surface area contributed by atoms with Crippen LogP contribution in [0.1, 0.15) is 36.3 Å². The highest BCUT2D eigenvalue weighted by molar-refractivity contribution is 7.90. The molecule has 1 saturated heterocycles. The van der Waals surface area contributed by atoms with Crippen molar-refractivity contribution in [3.05, 3.63) is 65.2 Å². The van der Waals surface area contributed by atoms with Crippen LogP contribution in [-0.2, 0) is 9.84 Å². The van der Waals surface area contributed by atoms with Crippen LogP contribution in [0.2, 0.25) is 0 Å². The lowest BCUT2D eigenvalue weighted by atomic mass is 9.87. The molecule has 3 rings (SSSR count). The minimum Gasteiger partial charge on any atom is -0.465 e. The molecule has 1 fully saturated rings. The molecule has 0 spiro atoms. The maximum Gasteiger partial charge on any atom is 0.404 e. The van der Waals surface area contributed by atoms with Gasteiger partial charge in [-0.05, 0) is 80.2 Å². The van der Waals surface area contributed by atoms with Crippen LogP contribution in [0.4, 0.5) is 13.6 Å². The highest BCUT2D eigenvalue weighted by atomic mass is 32.2. The van der Waals surface area contributed by atoms with Gasteiger partial charge in [0.15, 0.2) is 9.84 Å². The third-order valence-corrected chi connectivity index (χ3v) is 7.11. The molecule has 0 unspecified atom stereocenters. The van der Waals surface area contributed by atoms with Crippen LogP contribution in [0.15, 0.2) is 47.4 Å². The van der Waals surface area contributed by atoms with Crippen molar-refractivity contribution in [3.63, 3.8) is 0 Å². The molecule has 0 radical (unpaired) electrons. The molecule has 32 heavy (non-hydrogen) atoms. The molecular formula is C23H28F2N2O4S. The van der Waals surface area contributed by atoms with E-state index in [4.69, 9.17) is 5.11 Å². The Morgan fingerprint density at radius 2 is 1.69 bits per heavy atom. The first-order valence-electron chi connectivity index (χ1n) is 10.6. The lowest BCUT2D eigenvalue weighted by Gasteiger charge is -2.33. The van der Waals surface area contributed by atoms with Gasteiger partial charge in [-0.25, -0.2) is 22.0 Å². The number of rotatable bonds is 8.